The molecule has 0 radical (unpaired) electrons. The van der Waals surface area contributed by atoms with Gasteiger partial charge in [0, 0.05) is 17.5 Å². The molecule has 1 aliphatic carbocycles. The molecule has 0 spiro atoms. The van der Waals surface area contributed by atoms with Gasteiger partial charge in [0.25, 0.3) is 0 Å². The Morgan fingerprint density at radius 2 is 2.00 bits per heavy atom. The van der Waals surface area contributed by atoms with Gasteiger partial charge in [-0.3, -0.25) is 9.59 Å². The van der Waals surface area contributed by atoms with Crippen molar-refractivity contribution in [2.45, 2.75) is 44.6 Å². The van der Waals surface area contributed by atoms with E-state index in [0.717, 1.165) is 31.2 Å². The van der Waals surface area contributed by atoms with Crippen LogP contribution in [0.4, 0.5) is 0 Å². The van der Waals surface area contributed by atoms with Crippen LogP contribution in [-0.4, -0.2) is 29.3 Å². The molecule has 1 saturated carbocycles. The van der Waals surface area contributed by atoms with Crippen molar-refractivity contribution in [2.24, 2.45) is 5.73 Å². The Balaban J connectivity index is 1.95. The molecule has 0 atom stereocenters. The van der Waals surface area contributed by atoms with Crippen LogP contribution in [0, 0.1) is 0 Å². The molecule has 0 aliphatic heterocycles. The zero-order valence-electron chi connectivity index (χ0n) is 12.1. The molecule has 5 heteroatoms. The highest BCUT2D eigenvalue weighted by molar-refractivity contribution is 6.30. The van der Waals surface area contributed by atoms with Gasteiger partial charge < -0.3 is 10.6 Å². The van der Waals surface area contributed by atoms with E-state index in [1.165, 1.54) is 0 Å². The molecule has 1 aromatic carbocycles. The van der Waals surface area contributed by atoms with Crippen LogP contribution in [0.25, 0.3) is 0 Å². The van der Waals surface area contributed by atoms with E-state index in [1.54, 1.807) is 4.90 Å². The lowest BCUT2D eigenvalue weighted by Gasteiger charge is -2.27. The van der Waals surface area contributed by atoms with Gasteiger partial charge in [0.2, 0.25) is 11.8 Å². The average Bonchev–Trinajstić information content (AvgIpc) is 2.96. The molecule has 1 aromatic rings. The third kappa shape index (κ3) is 4.74. The molecule has 1 fully saturated rings. The van der Waals surface area contributed by atoms with Crippen LogP contribution >= 0.6 is 11.6 Å². The number of primary amides is 1. The molecule has 2 amide bonds. The third-order valence-corrected chi connectivity index (χ3v) is 4.16. The van der Waals surface area contributed by atoms with Crippen molar-refractivity contribution < 1.29 is 9.59 Å². The molecule has 2 rings (SSSR count). The Hall–Kier alpha value is -1.55. The van der Waals surface area contributed by atoms with Crippen molar-refractivity contribution in [1.29, 1.82) is 0 Å². The molecular weight excluding hydrogens is 288 g/mol. The summed E-state index contributed by atoms with van der Waals surface area (Å²) in [6, 6.07) is 7.67. The molecule has 0 heterocycles. The lowest BCUT2D eigenvalue weighted by atomic mass is 10.1. The van der Waals surface area contributed by atoms with Crippen molar-refractivity contribution in [3.63, 3.8) is 0 Å². The summed E-state index contributed by atoms with van der Waals surface area (Å²) in [4.78, 5) is 25.3. The fraction of sp³-hybridized carbons (Fsp3) is 0.500. The molecule has 0 aromatic heterocycles. The van der Waals surface area contributed by atoms with Gasteiger partial charge in [0.15, 0.2) is 0 Å². The van der Waals surface area contributed by atoms with Crippen molar-refractivity contribution in [3.05, 3.63) is 34.9 Å². The highest BCUT2D eigenvalue weighted by Crippen LogP contribution is 2.24. The van der Waals surface area contributed by atoms with E-state index in [4.69, 9.17) is 17.3 Å². The number of carbonyl (C=O) groups excluding carboxylic acids is 2. The number of nitrogens with two attached hydrogens (primary N) is 1. The molecule has 0 unspecified atom stereocenters. The number of halogens is 1. The first-order chi connectivity index (χ1) is 10.1. The van der Waals surface area contributed by atoms with Gasteiger partial charge >= 0.3 is 0 Å². The lowest BCUT2D eigenvalue weighted by molar-refractivity contribution is -0.137. The number of hydrogen-bond acceptors (Lipinski definition) is 2. The van der Waals surface area contributed by atoms with Crippen LogP contribution < -0.4 is 5.73 Å². The maximum absolute atomic E-state index is 12.4. The number of carbonyl (C=O) groups is 2. The Morgan fingerprint density at radius 3 is 2.62 bits per heavy atom. The zero-order chi connectivity index (χ0) is 15.2. The highest BCUT2D eigenvalue weighted by atomic mass is 35.5. The smallest absolute Gasteiger partial charge is 0.237 e. The summed E-state index contributed by atoms with van der Waals surface area (Å²) >= 11 is 5.94. The van der Waals surface area contributed by atoms with Crippen LogP contribution in [-0.2, 0) is 16.0 Å². The van der Waals surface area contributed by atoms with Crippen LogP contribution in [0.5, 0.6) is 0 Å². The van der Waals surface area contributed by atoms with Gasteiger partial charge in [-0.2, -0.15) is 0 Å². The van der Waals surface area contributed by atoms with E-state index in [9.17, 15) is 9.59 Å². The van der Waals surface area contributed by atoms with Crippen LogP contribution in [0.2, 0.25) is 5.02 Å². The second kappa shape index (κ2) is 7.46. The second-order valence-electron chi connectivity index (χ2n) is 5.56. The molecular formula is C16H21ClN2O2. The van der Waals surface area contributed by atoms with Crippen molar-refractivity contribution in [1.82, 2.24) is 4.90 Å². The lowest BCUT2D eigenvalue weighted by Crippen LogP contribution is -2.44. The summed E-state index contributed by atoms with van der Waals surface area (Å²) in [6.45, 7) is 0.0268. The topological polar surface area (TPSA) is 63.4 Å². The first-order valence-corrected chi connectivity index (χ1v) is 7.76. The van der Waals surface area contributed by atoms with Gasteiger partial charge in [-0.05, 0) is 37.0 Å². The van der Waals surface area contributed by atoms with E-state index >= 15 is 0 Å². The van der Waals surface area contributed by atoms with Gasteiger partial charge in [0.1, 0.15) is 0 Å². The molecule has 0 saturated heterocycles. The number of benzene rings is 1. The third-order valence-electron chi connectivity index (χ3n) is 3.93. The van der Waals surface area contributed by atoms with E-state index in [2.05, 4.69) is 0 Å². The van der Waals surface area contributed by atoms with E-state index < -0.39 is 5.91 Å². The predicted octanol–water partition coefficient (Wildman–Crippen LogP) is 2.53. The first kappa shape index (κ1) is 15.8. The fourth-order valence-electron chi connectivity index (χ4n) is 2.89. The van der Waals surface area contributed by atoms with E-state index in [1.807, 2.05) is 24.3 Å². The Morgan fingerprint density at radius 1 is 1.29 bits per heavy atom. The molecule has 4 nitrogen and oxygen atoms in total. The largest absolute Gasteiger partial charge is 0.368 e. The number of aryl methyl sites for hydroxylation is 1. The molecule has 0 bridgehead atoms. The summed E-state index contributed by atoms with van der Waals surface area (Å²) in [7, 11) is 0. The Bertz CT molecular complexity index is 513. The van der Waals surface area contributed by atoms with Gasteiger partial charge in [-0.15, -0.1) is 0 Å². The fourth-order valence-corrected chi connectivity index (χ4v) is 3.10. The SMILES string of the molecule is NC(=O)CN(C(=O)CCc1cccc(Cl)c1)C1CCCC1. The molecule has 2 N–H and O–H groups in total. The van der Waals surface area contributed by atoms with Gasteiger partial charge in [0.05, 0.1) is 6.54 Å². The Kier molecular flexibility index (Phi) is 5.62. The summed E-state index contributed by atoms with van der Waals surface area (Å²) in [5.41, 5.74) is 6.30. The van der Waals surface area contributed by atoms with Crippen molar-refractivity contribution in [2.75, 3.05) is 6.54 Å². The van der Waals surface area contributed by atoms with E-state index in [0.29, 0.717) is 17.9 Å². The Labute approximate surface area is 130 Å². The van der Waals surface area contributed by atoms with Crippen LogP contribution in [0.15, 0.2) is 24.3 Å². The molecule has 1 aliphatic rings. The maximum Gasteiger partial charge on any atom is 0.237 e. The minimum atomic E-state index is -0.446. The van der Waals surface area contributed by atoms with Crippen LogP contribution in [0.1, 0.15) is 37.7 Å². The monoisotopic (exact) mass is 308 g/mol. The number of nitrogens with zero attached hydrogens (tertiary/aromatic N) is 1. The summed E-state index contributed by atoms with van der Waals surface area (Å²) in [5, 5.41) is 0.671. The quantitative estimate of drug-likeness (QED) is 0.877. The predicted molar refractivity (Wildman–Crippen MR) is 82.9 cm³/mol. The summed E-state index contributed by atoms with van der Waals surface area (Å²) in [6.07, 6.45) is 5.17. The van der Waals surface area contributed by atoms with Crippen LogP contribution in [0.3, 0.4) is 0 Å². The first-order valence-electron chi connectivity index (χ1n) is 7.38. The number of amides is 2. The standard InChI is InChI=1S/C16H21ClN2O2/c17-13-5-3-4-12(10-13)8-9-16(21)19(11-15(18)20)14-6-1-2-7-14/h3-5,10,14H,1-2,6-9,11H2,(H2,18,20). The normalized spacial score (nSPS) is 15.1. The van der Waals surface area contributed by atoms with Gasteiger partial charge in [-0.25, -0.2) is 0 Å². The minimum absolute atomic E-state index is 0.000625. The highest BCUT2D eigenvalue weighted by Gasteiger charge is 2.27. The van der Waals surface area contributed by atoms with E-state index in [-0.39, 0.29) is 18.5 Å². The zero-order valence-corrected chi connectivity index (χ0v) is 12.8. The minimum Gasteiger partial charge on any atom is -0.368 e. The van der Waals surface area contributed by atoms with Gasteiger partial charge in [-0.1, -0.05) is 36.6 Å². The number of hydrogen-bond donors (Lipinski definition) is 1. The molecule has 114 valence electrons. The molecule has 21 heavy (non-hydrogen) atoms. The average molecular weight is 309 g/mol. The van der Waals surface area contributed by atoms with Crippen molar-refractivity contribution in [3.8, 4) is 0 Å². The second-order valence-corrected chi connectivity index (χ2v) is 5.99. The maximum atomic E-state index is 12.4. The number of rotatable bonds is 6. The van der Waals surface area contributed by atoms with Crippen molar-refractivity contribution >= 4 is 23.4 Å². The summed E-state index contributed by atoms with van der Waals surface area (Å²) in [5.74, 6) is -0.446. The summed E-state index contributed by atoms with van der Waals surface area (Å²) < 4.78 is 0.